The molecule has 0 radical (unpaired) electrons. The lowest BCUT2D eigenvalue weighted by molar-refractivity contribution is 0.0231. The third-order valence-corrected chi connectivity index (χ3v) is 4.81. The number of amidine groups is 1. The Bertz CT molecular complexity index is 841. The van der Waals surface area contributed by atoms with Crippen molar-refractivity contribution in [3.8, 4) is 11.1 Å². The Labute approximate surface area is 159 Å². The molecular weight excluding hydrogens is 343 g/mol. The summed E-state index contributed by atoms with van der Waals surface area (Å²) in [6.07, 6.45) is 0.261. The maximum Gasteiger partial charge on any atom is 0.130 e. The van der Waals surface area contributed by atoms with Crippen LogP contribution in [0.4, 0.5) is 10.1 Å². The van der Waals surface area contributed by atoms with E-state index in [1.165, 1.54) is 12.1 Å². The topological polar surface area (TPSA) is 73.9 Å². The zero-order chi connectivity index (χ0) is 19.4. The second kappa shape index (κ2) is 8.33. The molecule has 1 aliphatic heterocycles. The molecule has 2 aromatic carbocycles. The monoisotopic (exact) mass is 368 g/mol. The van der Waals surface area contributed by atoms with Crippen molar-refractivity contribution in [3.05, 3.63) is 65.6 Å². The van der Waals surface area contributed by atoms with Crippen molar-refractivity contribution in [1.29, 1.82) is 0 Å². The molecule has 1 aliphatic rings. The first-order valence-corrected chi connectivity index (χ1v) is 9.00. The number of nitrogens with two attached hydrogens (primary N) is 1. The summed E-state index contributed by atoms with van der Waals surface area (Å²) in [5.41, 5.74) is 10.9. The fourth-order valence-electron chi connectivity index (χ4n) is 3.19. The molecule has 0 spiro atoms. The van der Waals surface area contributed by atoms with Gasteiger partial charge in [-0.15, -0.1) is 0 Å². The second-order valence-electron chi connectivity index (χ2n) is 6.61. The molecule has 0 bridgehead atoms. The maximum absolute atomic E-state index is 13.1. The SMILES string of the molecule is CNC1=C(C(N)=Nc2ccc(-c3ccc(F)cc3)cc2)CN(C(C)O)CC1. The van der Waals surface area contributed by atoms with E-state index < -0.39 is 6.23 Å². The number of rotatable bonds is 5. The predicted octanol–water partition coefficient (Wildman–Crippen LogP) is 3.00. The summed E-state index contributed by atoms with van der Waals surface area (Å²) in [6, 6.07) is 14.0. The molecule has 0 saturated carbocycles. The Balaban J connectivity index is 1.82. The van der Waals surface area contributed by atoms with Gasteiger partial charge in [0, 0.05) is 37.8 Å². The molecule has 0 aromatic heterocycles. The zero-order valence-corrected chi connectivity index (χ0v) is 15.6. The molecule has 0 saturated heterocycles. The minimum absolute atomic E-state index is 0.250. The summed E-state index contributed by atoms with van der Waals surface area (Å²) in [4.78, 5) is 6.51. The van der Waals surface area contributed by atoms with E-state index in [0.29, 0.717) is 12.4 Å². The summed E-state index contributed by atoms with van der Waals surface area (Å²) in [6.45, 7) is 3.08. The highest BCUT2D eigenvalue weighted by molar-refractivity contribution is 5.99. The van der Waals surface area contributed by atoms with E-state index in [1.807, 2.05) is 36.2 Å². The van der Waals surface area contributed by atoms with Gasteiger partial charge in [0.05, 0.1) is 5.69 Å². The quantitative estimate of drug-likeness (QED) is 0.560. The minimum Gasteiger partial charge on any atom is -0.391 e. The van der Waals surface area contributed by atoms with Gasteiger partial charge in [-0.1, -0.05) is 24.3 Å². The van der Waals surface area contributed by atoms with Crippen LogP contribution in [0.3, 0.4) is 0 Å². The lowest BCUT2D eigenvalue weighted by Crippen LogP contribution is -2.42. The summed E-state index contributed by atoms with van der Waals surface area (Å²) in [5, 5.41) is 13.1. The molecule has 0 amide bonds. The Morgan fingerprint density at radius 3 is 2.30 bits per heavy atom. The molecule has 1 unspecified atom stereocenters. The number of halogens is 1. The molecule has 1 heterocycles. The van der Waals surface area contributed by atoms with Crippen molar-refractivity contribution in [2.45, 2.75) is 19.6 Å². The Morgan fingerprint density at radius 1 is 1.15 bits per heavy atom. The molecule has 27 heavy (non-hydrogen) atoms. The van der Waals surface area contributed by atoms with Gasteiger partial charge in [0.25, 0.3) is 0 Å². The van der Waals surface area contributed by atoms with E-state index in [2.05, 4.69) is 10.3 Å². The first-order chi connectivity index (χ1) is 13.0. The van der Waals surface area contributed by atoms with E-state index >= 15 is 0 Å². The second-order valence-corrected chi connectivity index (χ2v) is 6.61. The summed E-state index contributed by atoms with van der Waals surface area (Å²) >= 11 is 0. The van der Waals surface area contributed by atoms with Crippen molar-refractivity contribution in [2.75, 3.05) is 20.1 Å². The molecule has 6 heteroatoms. The first kappa shape index (κ1) is 19.1. The van der Waals surface area contributed by atoms with Crippen molar-refractivity contribution in [2.24, 2.45) is 10.7 Å². The summed E-state index contributed by atoms with van der Waals surface area (Å²) in [7, 11) is 1.87. The maximum atomic E-state index is 13.1. The highest BCUT2D eigenvalue weighted by atomic mass is 19.1. The average molecular weight is 368 g/mol. The standard InChI is InChI=1S/C21H25FN4O/c1-14(27)26-12-11-20(24-2)19(13-26)21(23)25-18-9-5-16(6-10-18)15-3-7-17(22)8-4-15/h3-10,14,24,27H,11-13H2,1-2H3,(H2,23,25). The summed E-state index contributed by atoms with van der Waals surface area (Å²) in [5.74, 6) is 0.194. The van der Waals surface area contributed by atoms with Crippen LogP contribution in [-0.2, 0) is 0 Å². The third-order valence-electron chi connectivity index (χ3n) is 4.81. The van der Waals surface area contributed by atoms with E-state index in [4.69, 9.17) is 5.73 Å². The molecular formula is C21H25FN4O. The molecule has 5 nitrogen and oxygen atoms in total. The number of benzene rings is 2. The van der Waals surface area contributed by atoms with Crippen molar-refractivity contribution in [1.82, 2.24) is 10.2 Å². The third kappa shape index (κ3) is 4.53. The molecule has 1 atom stereocenters. The van der Waals surface area contributed by atoms with E-state index in [1.54, 1.807) is 19.1 Å². The highest BCUT2D eigenvalue weighted by Crippen LogP contribution is 2.24. The molecule has 142 valence electrons. The Kier molecular flexibility index (Phi) is 5.88. The first-order valence-electron chi connectivity index (χ1n) is 9.00. The van der Waals surface area contributed by atoms with Crippen molar-refractivity contribution < 1.29 is 9.50 Å². The Morgan fingerprint density at radius 2 is 1.74 bits per heavy atom. The predicted molar refractivity (Wildman–Crippen MR) is 107 cm³/mol. The molecule has 0 aliphatic carbocycles. The smallest absolute Gasteiger partial charge is 0.130 e. The molecule has 2 aromatic rings. The van der Waals surface area contributed by atoms with Crippen LogP contribution in [0, 0.1) is 5.82 Å². The lowest BCUT2D eigenvalue weighted by Gasteiger charge is -2.32. The van der Waals surface area contributed by atoms with Crippen LogP contribution >= 0.6 is 0 Å². The van der Waals surface area contributed by atoms with E-state index in [0.717, 1.165) is 41.1 Å². The Hall–Kier alpha value is -2.70. The van der Waals surface area contributed by atoms with Gasteiger partial charge in [0.1, 0.15) is 17.9 Å². The van der Waals surface area contributed by atoms with E-state index in [9.17, 15) is 9.50 Å². The van der Waals surface area contributed by atoms with Crippen LogP contribution in [0.15, 0.2) is 64.8 Å². The number of aliphatic imine (C=N–C) groups is 1. The molecule has 0 fully saturated rings. The molecule has 3 rings (SSSR count). The number of nitrogens with zero attached hydrogens (tertiary/aromatic N) is 2. The fourth-order valence-corrected chi connectivity index (χ4v) is 3.19. The van der Waals surface area contributed by atoms with Gasteiger partial charge in [-0.2, -0.15) is 0 Å². The average Bonchev–Trinajstić information content (AvgIpc) is 2.68. The van der Waals surface area contributed by atoms with Crippen molar-refractivity contribution >= 4 is 11.5 Å². The van der Waals surface area contributed by atoms with Crippen LogP contribution < -0.4 is 11.1 Å². The number of aliphatic hydroxyl groups excluding tert-OH is 1. The van der Waals surface area contributed by atoms with Gasteiger partial charge < -0.3 is 16.2 Å². The van der Waals surface area contributed by atoms with E-state index in [-0.39, 0.29) is 5.82 Å². The lowest BCUT2D eigenvalue weighted by atomic mass is 10.0. The van der Waals surface area contributed by atoms with Crippen LogP contribution in [-0.4, -0.2) is 42.2 Å². The number of nitrogens with one attached hydrogen (secondary N) is 1. The fraction of sp³-hybridized carbons (Fsp3) is 0.286. The van der Waals surface area contributed by atoms with Crippen LogP contribution in [0.1, 0.15) is 13.3 Å². The normalized spacial score (nSPS) is 17.1. The molecule has 4 N–H and O–H groups in total. The van der Waals surface area contributed by atoms with Crippen LogP contribution in [0.25, 0.3) is 11.1 Å². The van der Waals surface area contributed by atoms with Gasteiger partial charge >= 0.3 is 0 Å². The minimum atomic E-state index is -0.527. The largest absolute Gasteiger partial charge is 0.391 e. The van der Waals surface area contributed by atoms with Gasteiger partial charge in [-0.3, -0.25) is 4.90 Å². The number of hydrogen-bond acceptors (Lipinski definition) is 4. The van der Waals surface area contributed by atoms with Crippen molar-refractivity contribution in [3.63, 3.8) is 0 Å². The van der Waals surface area contributed by atoms with Crippen LogP contribution in [0.5, 0.6) is 0 Å². The summed E-state index contributed by atoms with van der Waals surface area (Å²) < 4.78 is 13.1. The zero-order valence-electron chi connectivity index (χ0n) is 15.6. The van der Waals surface area contributed by atoms with Gasteiger partial charge in [-0.25, -0.2) is 9.38 Å². The highest BCUT2D eigenvalue weighted by Gasteiger charge is 2.23. The van der Waals surface area contributed by atoms with Gasteiger partial charge in [0.15, 0.2) is 0 Å². The number of hydrogen-bond donors (Lipinski definition) is 3. The van der Waals surface area contributed by atoms with Gasteiger partial charge in [0.2, 0.25) is 0 Å². The number of aliphatic hydroxyl groups is 1. The van der Waals surface area contributed by atoms with Crippen LogP contribution in [0.2, 0.25) is 0 Å². The van der Waals surface area contributed by atoms with Gasteiger partial charge in [-0.05, 0) is 42.3 Å².